The second-order valence-electron chi connectivity index (χ2n) is 4.36. The Morgan fingerprint density at radius 1 is 1.35 bits per heavy atom. The molecule has 3 heteroatoms. The van der Waals surface area contributed by atoms with Gasteiger partial charge in [-0.1, -0.05) is 26.0 Å². The van der Waals surface area contributed by atoms with Crippen LogP contribution in [0.4, 0.5) is 5.69 Å². The van der Waals surface area contributed by atoms with E-state index in [1.165, 1.54) is 12.5 Å². The van der Waals surface area contributed by atoms with Crippen LogP contribution in [0.2, 0.25) is 0 Å². The molecule has 3 nitrogen and oxygen atoms in total. The lowest BCUT2D eigenvalue weighted by Gasteiger charge is -2.11. The van der Waals surface area contributed by atoms with E-state index < -0.39 is 0 Å². The SMILES string of the molecule is CCC(C)c1cccc(NC(=O)CC(C)=O)c1. The topological polar surface area (TPSA) is 46.2 Å². The summed E-state index contributed by atoms with van der Waals surface area (Å²) >= 11 is 0. The zero-order valence-electron chi connectivity index (χ0n) is 10.6. The second kappa shape index (κ2) is 6.18. The summed E-state index contributed by atoms with van der Waals surface area (Å²) in [7, 11) is 0. The Kier molecular flexibility index (Phi) is 4.88. The fraction of sp³-hybridized carbons (Fsp3) is 0.429. The predicted octanol–water partition coefficient (Wildman–Crippen LogP) is 3.12. The zero-order chi connectivity index (χ0) is 12.8. The molecule has 0 spiro atoms. The first-order valence-electron chi connectivity index (χ1n) is 5.92. The van der Waals surface area contributed by atoms with Crippen molar-refractivity contribution in [2.24, 2.45) is 0 Å². The number of nitrogens with one attached hydrogen (secondary N) is 1. The third-order valence-electron chi connectivity index (χ3n) is 2.76. The molecule has 17 heavy (non-hydrogen) atoms. The van der Waals surface area contributed by atoms with E-state index >= 15 is 0 Å². The molecule has 0 saturated carbocycles. The lowest BCUT2D eigenvalue weighted by molar-refractivity contribution is -0.124. The molecule has 1 unspecified atom stereocenters. The van der Waals surface area contributed by atoms with Crippen molar-refractivity contribution in [1.29, 1.82) is 0 Å². The number of amides is 1. The maximum atomic E-state index is 11.4. The standard InChI is InChI=1S/C14H19NO2/c1-4-10(2)12-6-5-7-13(9-12)15-14(17)8-11(3)16/h5-7,9-10H,4,8H2,1-3H3,(H,15,17). The Morgan fingerprint density at radius 2 is 2.06 bits per heavy atom. The van der Waals surface area contributed by atoms with Gasteiger partial charge in [0.25, 0.3) is 0 Å². The van der Waals surface area contributed by atoms with Crippen molar-refractivity contribution in [3.8, 4) is 0 Å². The van der Waals surface area contributed by atoms with E-state index in [0.717, 1.165) is 12.1 Å². The van der Waals surface area contributed by atoms with Gasteiger partial charge in [-0.05, 0) is 37.0 Å². The smallest absolute Gasteiger partial charge is 0.231 e. The van der Waals surface area contributed by atoms with Crippen LogP contribution in [0, 0.1) is 0 Å². The van der Waals surface area contributed by atoms with Crippen LogP contribution in [0.15, 0.2) is 24.3 Å². The molecule has 1 rings (SSSR count). The quantitative estimate of drug-likeness (QED) is 0.794. The van der Waals surface area contributed by atoms with Crippen molar-refractivity contribution >= 4 is 17.4 Å². The van der Waals surface area contributed by atoms with Gasteiger partial charge in [0.2, 0.25) is 5.91 Å². The average molecular weight is 233 g/mol. The Bertz CT molecular complexity index is 412. The highest BCUT2D eigenvalue weighted by Crippen LogP contribution is 2.21. The first-order chi connectivity index (χ1) is 8.02. The number of carbonyl (C=O) groups excluding carboxylic acids is 2. The Labute approximate surface area is 102 Å². The van der Waals surface area contributed by atoms with E-state index in [2.05, 4.69) is 25.2 Å². The normalized spacial score (nSPS) is 11.9. The number of carbonyl (C=O) groups is 2. The molecule has 1 aromatic carbocycles. The molecule has 1 aromatic rings. The van der Waals surface area contributed by atoms with Crippen molar-refractivity contribution in [2.45, 2.75) is 39.5 Å². The van der Waals surface area contributed by atoms with Crippen LogP contribution in [0.25, 0.3) is 0 Å². The van der Waals surface area contributed by atoms with Gasteiger partial charge in [0.1, 0.15) is 5.78 Å². The van der Waals surface area contributed by atoms with E-state index in [4.69, 9.17) is 0 Å². The van der Waals surface area contributed by atoms with Gasteiger partial charge in [-0.15, -0.1) is 0 Å². The summed E-state index contributed by atoms with van der Waals surface area (Å²) in [6.07, 6.45) is 0.998. The van der Waals surface area contributed by atoms with Crippen LogP contribution in [0.3, 0.4) is 0 Å². The molecule has 0 aromatic heterocycles. The van der Waals surface area contributed by atoms with Crippen molar-refractivity contribution in [1.82, 2.24) is 0 Å². The van der Waals surface area contributed by atoms with E-state index in [1.807, 2.05) is 18.2 Å². The molecule has 0 bridgehead atoms. The monoisotopic (exact) mass is 233 g/mol. The molecule has 1 amide bonds. The molecule has 0 fully saturated rings. The van der Waals surface area contributed by atoms with Gasteiger partial charge in [0.15, 0.2) is 0 Å². The minimum atomic E-state index is -0.251. The third kappa shape index (κ3) is 4.39. The number of benzene rings is 1. The number of hydrogen-bond donors (Lipinski definition) is 1. The van der Waals surface area contributed by atoms with Crippen LogP contribution < -0.4 is 5.32 Å². The van der Waals surface area contributed by atoms with E-state index in [9.17, 15) is 9.59 Å². The van der Waals surface area contributed by atoms with Crippen molar-refractivity contribution < 1.29 is 9.59 Å². The molecule has 1 atom stereocenters. The highest BCUT2D eigenvalue weighted by molar-refractivity contribution is 6.03. The fourth-order valence-electron chi connectivity index (χ4n) is 1.59. The van der Waals surface area contributed by atoms with Crippen molar-refractivity contribution in [3.63, 3.8) is 0 Å². The van der Waals surface area contributed by atoms with Crippen LogP contribution in [0.1, 0.15) is 45.1 Å². The zero-order valence-corrected chi connectivity index (χ0v) is 10.6. The molecular formula is C14H19NO2. The highest BCUT2D eigenvalue weighted by atomic mass is 16.2. The molecular weight excluding hydrogens is 214 g/mol. The molecule has 92 valence electrons. The van der Waals surface area contributed by atoms with E-state index in [1.54, 1.807) is 0 Å². The van der Waals surface area contributed by atoms with Crippen LogP contribution in [-0.2, 0) is 9.59 Å². The summed E-state index contributed by atoms with van der Waals surface area (Å²) in [5, 5.41) is 2.73. The van der Waals surface area contributed by atoms with Crippen LogP contribution >= 0.6 is 0 Å². The van der Waals surface area contributed by atoms with Crippen LogP contribution in [-0.4, -0.2) is 11.7 Å². The van der Waals surface area contributed by atoms with Gasteiger partial charge >= 0.3 is 0 Å². The van der Waals surface area contributed by atoms with E-state index in [0.29, 0.717) is 5.92 Å². The van der Waals surface area contributed by atoms with Gasteiger partial charge in [0, 0.05) is 5.69 Å². The summed E-state index contributed by atoms with van der Waals surface area (Å²) in [5.74, 6) is 0.0963. The van der Waals surface area contributed by atoms with Gasteiger partial charge in [-0.3, -0.25) is 9.59 Å². The average Bonchev–Trinajstić information content (AvgIpc) is 2.27. The molecule has 0 heterocycles. The largest absolute Gasteiger partial charge is 0.326 e. The first-order valence-corrected chi connectivity index (χ1v) is 5.92. The molecule has 0 radical (unpaired) electrons. The molecule has 0 saturated heterocycles. The fourth-order valence-corrected chi connectivity index (χ4v) is 1.59. The summed E-state index contributed by atoms with van der Waals surface area (Å²) in [6.45, 7) is 5.69. The lowest BCUT2D eigenvalue weighted by Crippen LogP contribution is -2.14. The van der Waals surface area contributed by atoms with Gasteiger partial charge in [0.05, 0.1) is 6.42 Å². The minimum absolute atomic E-state index is 0.0619. The lowest BCUT2D eigenvalue weighted by atomic mass is 9.98. The van der Waals surface area contributed by atoms with Gasteiger partial charge in [-0.2, -0.15) is 0 Å². The molecule has 0 aliphatic carbocycles. The minimum Gasteiger partial charge on any atom is -0.326 e. The predicted molar refractivity (Wildman–Crippen MR) is 69.1 cm³/mol. The van der Waals surface area contributed by atoms with Crippen molar-refractivity contribution in [2.75, 3.05) is 5.32 Å². The Hall–Kier alpha value is -1.64. The number of anilines is 1. The number of rotatable bonds is 5. The number of ketones is 1. The molecule has 0 aliphatic heterocycles. The summed E-state index contributed by atoms with van der Waals surface area (Å²) in [4.78, 5) is 22.2. The summed E-state index contributed by atoms with van der Waals surface area (Å²) in [5.41, 5.74) is 1.96. The summed E-state index contributed by atoms with van der Waals surface area (Å²) in [6, 6.07) is 7.77. The first kappa shape index (κ1) is 13.4. The number of Topliss-reactive ketones (excluding diaryl/α,β-unsaturated/α-hetero) is 1. The molecule has 1 N–H and O–H groups in total. The number of hydrogen-bond acceptors (Lipinski definition) is 2. The van der Waals surface area contributed by atoms with Gasteiger partial charge in [-0.25, -0.2) is 0 Å². The third-order valence-corrected chi connectivity index (χ3v) is 2.76. The van der Waals surface area contributed by atoms with Crippen molar-refractivity contribution in [3.05, 3.63) is 29.8 Å². The maximum Gasteiger partial charge on any atom is 0.231 e. The van der Waals surface area contributed by atoms with Gasteiger partial charge < -0.3 is 5.32 Å². The maximum absolute atomic E-state index is 11.4. The highest BCUT2D eigenvalue weighted by Gasteiger charge is 2.07. The summed E-state index contributed by atoms with van der Waals surface area (Å²) < 4.78 is 0. The second-order valence-corrected chi connectivity index (χ2v) is 4.36. The Balaban J connectivity index is 2.72. The van der Waals surface area contributed by atoms with E-state index in [-0.39, 0.29) is 18.1 Å². The Morgan fingerprint density at radius 3 is 2.65 bits per heavy atom. The van der Waals surface area contributed by atoms with Crippen LogP contribution in [0.5, 0.6) is 0 Å². The molecule has 0 aliphatic rings.